The Morgan fingerprint density at radius 2 is 2.00 bits per heavy atom. The fourth-order valence-corrected chi connectivity index (χ4v) is 5.27. The normalized spacial score (nSPS) is 17.0. The minimum Gasteiger partial charge on any atom is -0.394 e. The van der Waals surface area contributed by atoms with Crippen LogP contribution in [0.3, 0.4) is 0 Å². The summed E-state index contributed by atoms with van der Waals surface area (Å²) in [5, 5.41) is 20.0. The quantitative estimate of drug-likeness (QED) is 0.465. The first-order valence-corrected chi connectivity index (χ1v) is 12.8. The van der Waals surface area contributed by atoms with E-state index in [2.05, 4.69) is 35.4 Å². The molecule has 1 aromatic heterocycles. The van der Waals surface area contributed by atoms with Crippen LogP contribution in [0.2, 0.25) is 0 Å². The van der Waals surface area contributed by atoms with Crippen molar-refractivity contribution < 1.29 is 14.7 Å². The molecule has 7 nitrogen and oxygen atoms in total. The molecule has 0 bridgehead atoms. The van der Waals surface area contributed by atoms with Gasteiger partial charge >= 0.3 is 0 Å². The van der Waals surface area contributed by atoms with Crippen LogP contribution >= 0.6 is 0 Å². The maximum atomic E-state index is 13.1. The lowest BCUT2D eigenvalue weighted by Gasteiger charge is -2.29. The number of carbonyl (C=O) groups is 2. The molecule has 2 aromatic carbocycles. The molecule has 3 aromatic rings. The molecule has 0 saturated carbocycles. The van der Waals surface area contributed by atoms with Gasteiger partial charge in [-0.25, -0.2) is 0 Å². The zero-order valence-corrected chi connectivity index (χ0v) is 21.2. The summed E-state index contributed by atoms with van der Waals surface area (Å²) in [5.74, 6) is -0.179. The van der Waals surface area contributed by atoms with Crippen molar-refractivity contribution >= 4 is 11.8 Å². The molecule has 1 aliphatic heterocycles. The third kappa shape index (κ3) is 4.67. The van der Waals surface area contributed by atoms with E-state index in [9.17, 15) is 14.7 Å². The number of amides is 2. The highest BCUT2D eigenvalue weighted by Crippen LogP contribution is 2.38. The number of nitrogens with one attached hydrogen (secondary N) is 2. The fourth-order valence-electron chi connectivity index (χ4n) is 5.27. The summed E-state index contributed by atoms with van der Waals surface area (Å²) in [6.45, 7) is 7.47. The van der Waals surface area contributed by atoms with Gasteiger partial charge in [-0.2, -0.15) is 5.10 Å². The number of hydrogen-bond acceptors (Lipinski definition) is 4. The van der Waals surface area contributed by atoms with Crippen LogP contribution < -0.4 is 5.32 Å². The van der Waals surface area contributed by atoms with Crippen LogP contribution in [0.1, 0.15) is 76.7 Å². The fraction of sp³-hybridized carbons (Fsp3) is 0.414. The maximum Gasteiger partial charge on any atom is 0.254 e. The van der Waals surface area contributed by atoms with Crippen molar-refractivity contribution in [3.8, 4) is 11.3 Å². The van der Waals surface area contributed by atoms with Gasteiger partial charge in [0.1, 0.15) is 0 Å². The van der Waals surface area contributed by atoms with Gasteiger partial charge < -0.3 is 15.3 Å². The molecule has 5 rings (SSSR count). The molecule has 1 aliphatic carbocycles. The first-order valence-electron chi connectivity index (χ1n) is 12.8. The van der Waals surface area contributed by atoms with Gasteiger partial charge in [-0.1, -0.05) is 39.0 Å². The lowest BCUT2D eigenvalue weighted by molar-refractivity contribution is 0.0766. The third-order valence-electron chi connectivity index (χ3n) is 7.56. The lowest BCUT2D eigenvalue weighted by Crippen LogP contribution is -2.36. The monoisotopic (exact) mass is 486 g/mol. The molecule has 0 spiro atoms. The van der Waals surface area contributed by atoms with Crippen molar-refractivity contribution in [1.82, 2.24) is 20.4 Å². The number of aliphatic hydroxyl groups excluding tert-OH is 1. The molecule has 36 heavy (non-hydrogen) atoms. The molecule has 188 valence electrons. The summed E-state index contributed by atoms with van der Waals surface area (Å²) < 4.78 is 0. The van der Waals surface area contributed by atoms with Gasteiger partial charge in [-0.15, -0.1) is 0 Å². The number of rotatable bonds is 7. The molecule has 0 unspecified atom stereocenters. The SMILES string of the molecule is CC[C@H](CO)NC(=O)c1ccc(CN2Cc3cc(-c4n[nH]c5c4CCC(C)(C)C5)ccc3C2=O)cc1. The van der Waals surface area contributed by atoms with Crippen molar-refractivity contribution in [3.63, 3.8) is 0 Å². The molecule has 0 radical (unpaired) electrons. The molecule has 3 N–H and O–H groups in total. The van der Waals surface area contributed by atoms with E-state index in [1.54, 1.807) is 12.1 Å². The predicted octanol–water partition coefficient (Wildman–Crippen LogP) is 4.25. The van der Waals surface area contributed by atoms with E-state index in [4.69, 9.17) is 0 Å². The van der Waals surface area contributed by atoms with Crippen molar-refractivity contribution in [2.45, 2.75) is 65.6 Å². The Morgan fingerprint density at radius 1 is 1.22 bits per heavy atom. The molecular formula is C29H34N4O3. The minimum atomic E-state index is -0.249. The van der Waals surface area contributed by atoms with Crippen LogP contribution in [-0.4, -0.2) is 44.7 Å². The second-order valence-corrected chi connectivity index (χ2v) is 10.9. The zero-order chi connectivity index (χ0) is 25.4. The van der Waals surface area contributed by atoms with Crippen LogP contribution in [-0.2, 0) is 25.9 Å². The molecule has 2 heterocycles. The van der Waals surface area contributed by atoms with E-state index < -0.39 is 0 Å². The maximum absolute atomic E-state index is 13.1. The summed E-state index contributed by atoms with van der Waals surface area (Å²) >= 11 is 0. The highest BCUT2D eigenvalue weighted by Gasteiger charge is 2.31. The highest BCUT2D eigenvalue weighted by atomic mass is 16.3. The summed E-state index contributed by atoms with van der Waals surface area (Å²) in [5.41, 5.74) is 8.18. The van der Waals surface area contributed by atoms with Crippen molar-refractivity contribution in [2.75, 3.05) is 6.61 Å². The number of aromatic nitrogens is 2. The van der Waals surface area contributed by atoms with Crippen LogP contribution in [0.4, 0.5) is 0 Å². The lowest BCUT2D eigenvalue weighted by atomic mass is 9.76. The number of aromatic amines is 1. The smallest absolute Gasteiger partial charge is 0.254 e. The van der Waals surface area contributed by atoms with E-state index in [-0.39, 0.29) is 24.5 Å². The Labute approximate surface area is 211 Å². The number of carbonyl (C=O) groups excluding carboxylic acids is 2. The summed E-state index contributed by atoms with van der Waals surface area (Å²) in [6, 6.07) is 13.1. The molecule has 0 saturated heterocycles. The molecular weight excluding hydrogens is 452 g/mol. The number of hydrogen-bond donors (Lipinski definition) is 3. The first-order chi connectivity index (χ1) is 17.3. The summed E-state index contributed by atoms with van der Waals surface area (Å²) in [7, 11) is 0. The topological polar surface area (TPSA) is 98.3 Å². The Balaban J connectivity index is 1.28. The van der Waals surface area contributed by atoms with Crippen LogP contribution in [0.25, 0.3) is 11.3 Å². The number of aliphatic hydroxyl groups is 1. The van der Waals surface area contributed by atoms with E-state index in [0.29, 0.717) is 30.5 Å². The number of fused-ring (bicyclic) bond motifs is 2. The average Bonchev–Trinajstić information content (AvgIpc) is 3.41. The summed E-state index contributed by atoms with van der Waals surface area (Å²) in [4.78, 5) is 27.3. The number of nitrogens with zero attached hydrogens (tertiary/aromatic N) is 2. The van der Waals surface area contributed by atoms with Gasteiger partial charge in [-0.05, 0) is 66.5 Å². The molecule has 7 heteroatoms. The number of H-pyrrole nitrogens is 1. The standard InChI is InChI=1S/C29H34N4O3/c1-4-22(17-34)30-27(35)19-7-5-18(6-8-19)15-33-16-21-13-20(9-10-23(21)28(33)36)26-24-11-12-29(2,3)14-25(24)31-32-26/h5-10,13,22,34H,4,11-12,14-17H2,1-3H3,(H,30,35)(H,31,32)/t22-/m1/s1. The van der Waals surface area contributed by atoms with Crippen molar-refractivity contribution in [1.29, 1.82) is 0 Å². The first kappa shape index (κ1) is 24.3. The predicted molar refractivity (Wildman–Crippen MR) is 138 cm³/mol. The Kier molecular flexibility index (Phi) is 6.43. The van der Waals surface area contributed by atoms with Gasteiger partial charge in [0.25, 0.3) is 11.8 Å². The molecule has 2 amide bonds. The Hall–Kier alpha value is -3.45. The van der Waals surface area contributed by atoms with Gasteiger partial charge in [0.05, 0.1) is 18.3 Å². The third-order valence-corrected chi connectivity index (χ3v) is 7.56. The van der Waals surface area contributed by atoms with Gasteiger partial charge in [0.2, 0.25) is 0 Å². The zero-order valence-electron chi connectivity index (χ0n) is 21.2. The van der Waals surface area contributed by atoms with Crippen molar-refractivity contribution in [2.24, 2.45) is 5.41 Å². The highest BCUT2D eigenvalue weighted by molar-refractivity contribution is 5.99. The van der Waals surface area contributed by atoms with Gasteiger partial charge in [0, 0.05) is 41.0 Å². The summed E-state index contributed by atoms with van der Waals surface area (Å²) in [6.07, 6.45) is 3.84. The van der Waals surface area contributed by atoms with Crippen LogP contribution in [0.15, 0.2) is 42.5 Å². The van der Waals surface area contributed by atoms with Crippen molar-refractivity contribution in [3.05, 3.63) is 76.0 Å². The average molecular weight is 487 g/mol. The van der Waals surface area contributed by atoms with E-state index in [0.717, 1.165) is 47.2 Å². The second kappa shape index (κ2) is 9.54. The molecule has 2 aliphatic rings. The largest absolute Gasteiger partial charge is 0.394 e. The minimum absolute atomic E-state index is 0.0258. The Bertz CT molecular complexity index is 1290. The molecule has 1 atom stereocenters. The van der Waals surface area contributed by atoms with E-state index in [1.165, 1.54) is 11.3 Å². The molecule has 0 fully saturated rings. The van der Waals surface area contributed by atoms with Gasteiger partial charge in [0.15, 0.2) is 0 Å². The van der Waals surface area contributed by atoms with Crippen LogP contribution in [0.5, 0.6) is 0 Å². The number of benzene rings is 2. The van der Waals surface area contributed by atoms with E-state index >= 15 is 0 Å². The van der Waals surface area contributed by atoms with Crippen LogP contribution in [0, 0.1) is 5.41 Å². The second-order valence-electron chi connectivity index (χ2n) is 10.9. The van der Waals surface area contributed by atoms with E-state index in [1.807, 2.05) is 36.1 Å². The van der Waals surface area contributed by atoms with Gasteiger partial charge in [-0.3, -0.25) is 14.7 Å². The Morgan fingerprint density at radius 3 is 2.72 bits per heavy atom.